The SMILES string of the molecule is O=[N+]([O-])c1ccc(OCC2COc3ccccc32)cc1Cl. The summed E-state index contributed by atoms with van der Waals surface area (Å²) in [5.74, 6) is 1.54. The van der Waals surface area contributed by atoms with Gasteiger partial charge in [0.15, 0.2) is 0 Å². The van der Waals surface area contributed by atoms with Crippen LogP contribution in [0.4, 0.5) is 5.69 Å². The summed E-state index contributed by atoms with van der Waals surface area (Å²) in [5.41, 5.74) is 0.990. The van der Waals surface area contributed by atoms with Crippen LogP contribution in [-0.2, 0) is 0 Å². The Balaban J connectivity index is 1.69. The summed E-state index contributed by atoms with van der Waals surface area (Å²) in [4.78, 5) is 10.2. The standard InChI is InChI=1S/C15H12ClNO4/c16-13-7-11(5-6-14(13)17(18)19)20-8-10-9-21-15-4-2-1-3-12(10)15/h1-7,10H,8-9H2. The van der Waals surface area contributed by atoms with Gasteiger partial charge in [0, 0.05) is 17.7 Å². The zero-order valence-corrected chi connectivity index (χ0v) is 11.7. The number of nitro benzene ring substituents is 1. The molecule has 1 aliphatic heterocycles. The number of nitro groups is 1. The predicted octanol–water partition coefficient (Wildman–Crippen LogP) is 3.80. The van der Waals surface area contributed by atoms with Crippen molar-refractivity contribution in [2.45, 2.75) is 5.92 Å². The van der Waals surface area contributed by atoms with E-state index in [4.69, 9.17) is 21.1 Å². The predicted molar refractivity (Wildman–Crippen MR) is 78.3 cm³/mol. The van der Waals surface area contributed by atoms with Gasteiger partial charge in [0.1, 0.15) is 16.5 Å². The van der Waals surface area contributed by atoms with Crippen LogP contribution in [-0.4, -0.2) is 18.1 Å². The lowest BCUT2D eigenvalue weighted by molar-refractivity contribution is -0.384. The Labute approximate surface area is 126 Å². The van der Waals surface area contributed by atoms with E-state index in [-0.39, 0.29) is 16.6 Å². The molecule has 0 radical (unpaired) electrons. The number of halogens is 1. The number of rotatable bonds is 4. The number of hydrogen-bond acceptors (Lipinski definition) is 4. The van der Waals surface area contributed by atoms with Gasteiger partial charge in [-0.3, -0.25) is 10.1 Å². The average molecular weight is 306 g/mol. The summed E-state index contributed by atoms with van der Waals surface area (Å²) in [5, 5.41) is 10.8. The number of benzene rings is 2. The van der Waals surface area contributed by atoms with E-state index in [1.807, 2.05) is 24.3 Å². The van der Waals surface area contributed by atoms with Crippen molar-refractivity contribution in [3.8, 4) is 11.5 Å². The van der Waals surface area contributed by atoms with Crippen molar-refractivity contribution < 1.29 is 14.4 Å². The maximum absolute atomic E-state index is 10.7. The van der Waals surface area contributed by atoms with Crippen molar-refractivity contribution in [2.24, 2.45) is 0 Å². The zero-order chi connectivity index (χ0) is 14.8. The zero-order valence-electron chi connectivity index (χ0n) is 11.0. The van der Waals surface area contributed by atoms with Crippen LogP contribution in [0.15, 0.2) is 42.5 Å². The van der Waals surface area contributed by atoms with Crippen LogP contribution in [0.2, 0.25) is 5.02 Å². The molecule has 0 bridgehead atoms. The summed E-state index contributed by atoms with van der Waals surface area (Å²) < 4.78 is 11.3. The second-order valence-electron chi connectivity index (χ2n) is 4.73. The van der Waals surface area contributed by atoms with Crippen molar-refractivity contribution in [2.75, 3.05) is 13.2 Å². The lowest BCUT2D eigenvalue weighted by atomic mass is 10.0. The van der Waals surface area contributed by atoms with E-state index in [1.165, 1.54) is 12.1 Å². The second kappa shape index (κ2) is 5.61. The Morgan fingerprint density at radius 1 is 1.33 bits per heavy atom. The molecule has 0 saturated heterocycles. The molecular formula is C15H12ClNO4. The van der Waals surface area contributed by atoms with Crippen molar-refractivity contribution in [1.82, 2.24) is 0 Å². The first-order chi connectivity index (χ1) is 10.1. The van der Waals surface area contributed by atoms with Gasteiger partial charge in [0.2, 0.25) is 0 Å². The molecule has 108 valence electrons. The third kappa shape index (κ3) is 2.78. The fourth-order valence-electron chi connectivity index (χ4n) is 2.29. The molecule has 0 spiro atoms. The van der Waals surface area contributed by atoms with Crippen LogP contribution in [0.5, 0.6) is 11.5 Å². The number of nitrogens with zero attached hydrogens (tertiary/aromatic N) is 1. The van der Waals surface area contributed by atoms with Gasteiger partial charge in [-0.25, -0.2) is 0 Å². The molecule has 0 aromatic heterocycles. The Morgan fingerprint density at radius 2 is 2.14 bits per heavy atom. The van der Waals surface area contributed by atoms with Crippen molar-refractivity contribution >= 4 is 17.3 Å². The molecule has 2 aromatic rings. The Bertz CT molecular complexity index is 689. The Kier molecular flexibility index (Phi) is 3.66. The number of hydrogen-bond donors (Lipinski definition) is 0. The van der Waals surface area contributed by atoms with E-state index in [0.29, 0.717) is 19.0 Å². The van der Waals surface area contributed by atoms with Gasteiger partial charge in [-0.1, -0.05) is 29.8 Å². The smallest absolute Gasteiger partial charge is 0.288 e. The van der Waals surface area contributed by atoms with Crippen LogP contribution < -0.4 is 9.47 Å². The first-order valence-electron chi connectivity index (χ1n) is 6.43. The van der Waals surface area contributed by atoms with E-state index >= 15 is 0 Å². The van der Waals surface area contributed by atoms with Gasteiger partial charge in [0.25, 0.3) is 5.69 Å². The van der Waals surface area contributed by atoms with Gasteiger partial charge in [0.05, 0.1) is 24.1 Å². The summed E-state index contributed by atoms with van der Waals surface area (Å²) in [6.07, 6.45) is 0. The topological polar surface area (TPSA) is 61.6 Å². The highest BCUT2D eigenvalue weighted by Gasteiger charge is 2.24. The molecule has 0 saturated carbocycles. The number of ether oxygens (including phenoxy) is 2. The quantitative estimate of drug-likeness (QED) is 0.636. The molecule has 0 amide bonds. The summed E-state index contributed by atoms with van der Waals surface area (Å²) >= 11 is 5.85. The van der Waals surface area contributed by atoms with Crippen LogP contribution in [0.1, 0.15) is 11.5 Å². The second-order valence-corrected chi connectivity index (χ2v) is 5.13. The third-order valence-electron chi connectivity index (χ3n) is 3.37. The molecule has 5 nitrogen and oxygen atoms in total. The van der Waals surface area contributed by atoms with E-state index < -0.39 is 4.92 Å². The average Bonchev–Trinajstić information content (AvgIpc) is 2.88. The molecule has 1 unspecified atom stereocenters. The van der Waals surface area contributed by atoms with E-state index in [2.05, 4.69) is 0 Å². The lowest BCUT2D eigenvalue weighted by Crippen LogP contribution is -2.11. The van der Waals surface area contributed by atoms with Crippen LogP contribution in [0, 0.1) is 10.1 Å². The van der Waals surface area contributed by atoms with Crippen molar-refractivity contribution in [1.29, 1.82) is 0 Å². The highest BCUT2D eigenvalue weighted by atomic mass is 35.5. The van der Waals surface area contributed by atoms with E-state index in [9.17, 15) is 10.1 Å². The molecule has 21 heavy (non-hydrogen) atoms. The minimum absolute atomic E-state index is 0.0700. The van der Waals surface area contributed by atoms with E-state index in [1.54, 1.807) is 6.07 Å². The van der Waals surface area contributed by atoms with E-state index in [0.717, 1.165) is 11.3 Å². The largest absolute Gasteiger partial charge is 0.493 e. The fourth-order valence-corrected chi connectivity index (χ4v) is 2.53. The monoisotopic (exact) mass is 305 g/mol. The lowest BCUT2D eigenvalue weighted by Gasteiger charge is -2.11. The molecule has 2 aromatic carbocycles. The molecular weight excluding hydrogens is 294 g/mol. The molecule has 3 rings (SSSR count). The molecule has 1 aliphatic rings. The van der Waals surface area contributed by atoms with Gasteiger partial charge < -0.3 is 9.47 Å². The van der Waals surface area contributed by atoms with Crippen LogP contribution >= 0.6 is 11.6 Å². The molecule has 0 aliphatic carbocycles. The van der Waals surface area contributed by atoms with Gasteiger partial charge >= 0.3 is 0 Å². The maximum Gasteiger partial charge on any atom is 0.288 e. The number of fused-ring (bicyclic) bond motifs is 1. The van der Waals surface area contributed by atoms with Gasteiger partial charge in [-0.05, 0) is 12.1 Å². The minimum atomic E-state index is -0.521. The molecule has 1 atom stereocenters. The van der Waals surface area contributed by atoms with Gasteiger partial charge in [-0.2, -0.15) is 0 Å². The molecule has 0 fully saturated rings. The summed E-state index contributed by atoms with van der Waals surface area (Å²) in [7, 11) is 0. The Morgan fingerprint density at radius 3 is 2.90 bits per heavy atom. The highest BCUT2D eigenvalue weighted by Crippen LogP contribution is 2.34. The third-order valence-corrected chi connectivity index (χ3v) is 3.67. The highest BCUT2D eigenvalue weighted by molar-refractivity contribution is 6.32. The van der Waals surface area contributed by atoms with Crippen LogP contribution in [0.3, 0.4) is 0 Å². The Hall–Kier alpha value is -2.27. The molecule has 1 heterocycles. The molecule has 6 heteroatoms. The molecule has 0 N–H and O–H groups in total. The number of para-hydroxylation sites is 1. The van der Waals surface area contributed by atoms with Crippen LogP contribution in [0.25, 0.3) is 0 Å². The maximum atomic E-state index is 10.7. The van der Waals surface area contributed by atoms with Crippen molar-refractivity contribution in [3.05, 3.63) is 63.2 Å². The van der Waals surface area contributed by atoms with Gasteiger partial charge in [-0.15, -0.1) is 0 Å². The minimum Gasteiger partial charge on any atom is -0.493 e. The summed E-state index contributed by atoms with van der Waals surface area (Å²) in [6, 6.07) is 12.2. The first kappa shape index (κ1) is 13.7. The first-order valence-corrected chi connectivity index (χ1v) is 6.81. The summed E-state index contributed by atoms with van der Waals surface area (Å²) in [6.45, 7) is 1.01. The fraction of sp³-hybridized carbons (Fsp3) is 0.200. The van der Waals surface area contributed by atoms with Crippen molar-refractivity contribution in [3.63, 3.8) is 0 Å². The normalized spacial score (nSPS) is 16.1.